The number of carbonyl (C=O) groups is 1. The number of rotatable bonds is 2. The van der Waals surface area contributed by atoms with Crippen LogP contribution in [0.3, 0.4) is 0 Å². The molecule has 5 rings (SSSR count). The van der Waals surface area contributed by atoms with Crippen molar-refractivity contribution in [2.45, 2.75) is 0 Å². The lowest BCUT2D eigenvalue weighted by Crippen LogP contribution is -2.40. The molecule has 0 radical (unpaired) electrons. The van der Waals surface area contributed by atoms with Gasteiger partial charge in [0.1, 0.15) is 5.69 Å². The molecule has 0 unspecified atom stereocenters. The fourth-order valence-electron chi connectivity index (χ4n) is 3.42. The molecule has 1 aromatic carbocycles. The Bertz CT molecular complexity index is 1280. The van der Waals surface area contributed by atoms with E-state index in [2.05, 4.69) is 21.8 Å². The first-order valence-electron chi connectivity index (χ1n) is 10.0. The average molecular weight is 409 g/mol. The van der Waals surface area contributed by atoms with Crippen molar-refractivity contribution in [1.29, 1.82) is 0 Å². The second-order valence-corrected chi connectivity index (χ2v) is 7.10. The van der Waals surface area contributed by atoms with Gasteiger partial charge in [-0.05, 0) is 42.3 Å². The summed E-state index contributed by atoms with van der Waals surface area (Å²) in [5.74, 6) is 6.26. The summed E-state index contributed by atoms with van der Waals surface area (Å²) in [6.45, 7) is 2.43. The fourth-order valence-corrected chi connectivity index (χ4v) is 3.42. The minimum absolute atomic E-state index is 0.0292. The molecule has 7 nitrogen and oxygen atoms in total. The third kappa shape index (κ3) is 4.02. The van der Waals surface area contributed by atoms with Crippen LogP contribution in [0.1, 0.15) is 21.6 Å². The van der Waals surface area contributed by atoms with Crippen LogP contribution in [0.2, 0.25) is 0 Å². The van der Waals surface area contributed by atoms with Crippen LogP contribution in [0.25, 0.3) is 16.9 Å². The summed E-state index contributed by atoms with van der Waals surface area (Å²) in [5, 5.41) is 4.71. The van der Waals surface area contributed by atoms with Crippen LogP contribution in [0.15, 0.2) is 67.1 Å². The average Bonchev–Trinajstić information content (AvgIpc) is 3.26. The number of amides is 1. The Balaban J connectivity index is 1.41. The quantitative estimate of drug-likeness (QED) is 0.476. The van der Waals surface area contributed by atoms with E-state index < -0.39 is 0 Å². The van der Waals surface area contributed by atoms with Crippen molar-refractivity contribution in [1.82, 2.24) is 24.5 Å². The van der Waals surface area contributed by atoms with Crippen molar-refractivity contribution in [3.05, 3.63) is 83.9 Å². The second kappa shape index (κ2) is 8.38. The summed E-state index contributed by atoms with van der Waals surface area (Å²) in [7, 11) is 0. The Morgan fingerprint density at radius 3 is 2.48 bits per heavy atom. The molecule has 0 bridgehead atoms. The van der Waals surface area contributed by atoms with Gasteiger partial charge in [-0.25, -0.2) is 9.50 Å². The smallest absolute Gasteiger partial charge is 0.254 e. The highest BCUT2D eigenvalue weighted by Gasteiger charge is 2.18. The SMILES string of the molecule is O=C(c1ccc(-c2ccc3ncc(C#Cc4ccncc4)n3n2)cc1)N1CCOCC1. The second-order valence-electron chi connectivity index (χ2n) is 7.10. The molecule has 1 fully saturated rings. The number of benzene rings is 1. The molecule has 31 heavy (non-hydrogen) atoms. The summed E-state index contributed by atoms with van der Waals surface area (Å²) in [5.41, 5.74) is 4.67. The van der Waals surface area contributed by atoms with E-state index in [-0.39, 0.29) is 5.91 Å². The molecule has 7 heteroatoms. The van der Waals surface area contributed by atoms with E-state index in [9.17, 15) is 4.79 Å². The normalized spacial score (nSPS) is 13.6. The minimum atomic E-state index is 0.0292. The lowest BCUT2D eigenvalue weighted by Gasteiger charge is -2.26. The fraction of sp³-hybridized carbons (Fsp3) is 0.167. The van der Waals surface area contributed by atoms with Gasteiger partial charge >= 0.3 is 0 Å². The summed E-state index contributed by atoms with van der Waals surface area (Å²) in [6, 6.07) is 15.1. The Morgan fingerprint density at radius 2 is 1.71 bits per heavy atom. The Hall–Kier alpha value is -4.02. The van der Waals surface area contributed by atoms with Crippen LogP contribution in [0, 0.1) is 11.8 Å². The number of hydrogen-bond donors (Lipinski definition) is 0. The predicted molar refractivity (Wildman–Crippen MR) is 115 cm³/mol. The molecule has 0 saturated carbocycles. The zero-order chi connectivity index (χ0) is 21.0. The number of imidazole rings is 1. The monoisotopic (exact) mass is 409 g/mol. The van der Waals surface area contributed by atoms with E-state index >= 15 is 0 Å². The number of nitrogens with zero attached hydrogens (tertiary/aromatic N) is 5. The van der Waals surface area contributed by atoms with Gasteiger partial charge in [0.2, 0.25) is 0 Å². The molecule has 152 valence electrons. The third-order valence-corrected chi connectivity index (χ3v) is 5.10. The van der Waals surface area contributed by atoms with E-state index in [4.69, 9.17) is 9.84 Å². The van der Waals surface area contributed by atoms with Crippen LogP contribution in [-0.4, -0.2) is 56.7 Å². The van der Waals surface area contributed by atoms with E-state index in [1.807, 2.05) is 53.4 Å². The number of morpholine rings is 1. The Labute approximate surface area is 179 Å². The zero-order valence-corrected chi connectivity index (χ0v) is 16.7. The van der Waals surface area contributed by atoms with Gasteiger partial charge in [-0.3, -0.25) is 9.78 Å². The molecule has 4 aromatic rings. The van der Waals surface area contributed by atoms with Gasteiger partial charge in [0.05, 0.1) is 25.1 Å². The highest BCUT2D eigenvalue weighted by Crippen LogP contribution is 2.19. The lowest BCUT2D eigenvalue weighted by atomic mass is 10.1. The highest BCUT2D eigenvalue weighted by molar-refractivity contribution is 5.94. The van der Waals surface area contributed by atoms with Gasteiger partial charge in [0.25, 0.3) is 5.91 Å². The summed E-state index contributed by atoms with van der Waals surface area (Å²) in [6.07, 6.45) is 5.13. The van der Waals surface area contributed by atoms with Gasteiger partial charge in [-0.1, -0.05) is 18.1 Å². The topological polar surface area (TPSA) is 72.6 Å². The molecule has 0 atom stereocenters. The molecule has 1 aliphatic heterocycles. The standard InChI is InChI=1S/C24H19N5O2/c30-24(28-13-15-31-16-14-28)20-4-2-19(3-5-20)22-7-8-23-26-17-21(29(23)27-22)6-1-18-9-11-25-12-10-18/h2-5,7-12,17H,13-16H2. The van der Waals surface area contributed by atoms with Crippen molar-refractivity contribution in [3.8, 4) is 23.1 Å². The van der Waals surface area contributed by atoms with Crippen LogP contribution in [0.4, 0.5) is 0 Å². The van der Waals surface area contributed by atoms with Gasteiger partial charge in [0, 0.05) is 42.2 Å². The lowest BCUT2D eigenvalue weighted by molar-refractivity contribution is 0.0303. The number of fused-ring (bicyclic) bond motifs is 1. The molecule has 3 aromatic heterocycles. The van der Waals surface area contributed by atoms with Crippen LogP contribution < -0.4 is 0 Å². The number of aromatic nitrogens is 4. The maximum atomic E-state index is 12.6. The van der Waals surface area contributed by atoms with Crippen molar-refractivity contribution < 1.29 is 9.53 Å². The summed E-state index contributed by atoms with van der Waals surface area (Å²) in [4.78, 5) is 22.8. The first-order valence-corrected chi connectivity index (χ1v) is 10.0. The minimum Gasteiger partial charge on any atom is -0.378 e. The third-order valence-electron chi connectivity index (χ3n) is 5.10. The van der Waals surface area contributed by atoms with Gasteiger partial charge < -0.3 is 9.64 Å². The first kappa shape index (κ1) is 19.0. The van der Waals surface area contributed by atoms with E-state index in [1.165, 1.54) is 0 Å². The largest absolute Gasteiger partial charge is 0.378 e. The molecular formula is C24H19N5O2. The maximum Gasteiger partial charge on any atom is 0.254 e. The molecule has 1 saturated heterocycles. The molecular weight excluding hydrogens is 390 g/mol. The highest BCUT2D eigenvalue weighted by atomic mass is 16.5. The van der Waals surface area contributed by atoms with Gasteiger partial charge in [-0.15, -0.1) is 0 Å². The molecule has 0 N–H and O–H groups in total. The number of carbonyl (C=O) groups excluding carboxylic acids is 1. The van der Waals surface area contributed by atoms with Crippen LogP contribution in [0.5, 0.6) is 0 Å². The molecule has 1 amide bonds. The Kier molecular flexibility index (Phi) is 5.13. The molecule has 0 spiro atoms. The van der Waals surface area contributed by atoms with Gasteiger partial charge in [-0.2, -0.15) is 5.10 Å². The number of hydrogen-bond acceptors (Lipinski definition) is 5. The van der Waals surface area contributed by atoms with E-state index in [0.29, 0.717) is 37.6 Å². The van der Waals surface area contributed by atoms with Crippen LogP contribution in [-0.2, 0) is 4.74 Å². The summed E-state index contributed by atoms with van der Waals surface area (Å²) < 4.78 is 7.05. The molecule has 0 aliphatic carbocycles. The van der Waals surface area contributed by atoms with Crippen molar-refractivity contribution in [2.24, 2.45) is 0 Å². The van der Waals surface area contributed by atoms with Crippen molar-refractivity contribution >= 4 is 11.6 Å². The van der Waals surface area contributed by atoms with Crippen molar-refractivity contribution in [2.75, 3.05) is 26.3 Å². The van der Waals surface area contributed by atoms with E-state index in [0.717, 1.165) is 22.5 Å². The number of ether oxygens (including phenoxy) is 1. The van der Waals surface area contributed by atoms with Crippen molar-refractivity contribution in [3.63, 3.8) is 0 Å². The zero-order valence-electron chi connectivity index (χ0n) is 16.7. The first-order chi connectivity index (χ1) is 15.3. The van der Waals surface area contributed by atoms with Gasteiger partial charge in [0.15, 0.2) is 5.65 Å². The van der Waals surface area contributed by atoms with E-state index in [1.54, 1.807) is 23.1 Å². The summed E-state index contributed by atoms with van der Waals surface area (Å²) >= 11 is 0. The Morgan fingerprint density at radius 1 is 0.935 bits per heavy atom. The molecule has 1 aliphatic rings. The predicted octanol–water partition coefficient (Wildman–Crippen LogP) is 2.66. The number of pyridine rings is 1. The molecule has 4 heterocycles. The maximum absolute atomic E-state index is 12.6. The van der Waals surface area contributed by atoms with Crippen LogP contribution >= 0.6 is 0 Å².